The van der Waals surface area contributed by atoms with Crippen molar-refractivity contribution in [2.75, 3.05) is 24.6 Å². The fourth-order valence-electron chi connectivity index (χ4n) is 5.33. The molecule has 3 aliphatic rings. The summed E-state index contributed by atoms with van der Waals surface area (Å²) >= 11 is 0. The minimum absolute atomic E-state index is 0.0562. The van der Waals surface area contributed by atoms with Crippen LogP contribution in [0.4, 0.5) is 13.2 Å². The molecular weight excluding hydrogens is 379 g/mol. The first-order chi connectivity index (χ1) is 12.6. The van der Waals surface area contributed by atoms with E-state index in [0.717, 1.165) is 51.6 Å². The van der Waals surface area contributed by atoms with Gasteiger partial charge in [0.25, 0.3) is 0 Å². The Kier molecular flexibility index (Phi) is 4.61. The topological polar surface area (TPSA) is 55.2 Å². The number of alkyl halides is 3. The minimum Gasteiger partial charge on any atom is -0.300 e. The third-order valence-corrected chi connectivity index (χ3v) is 8.65. The van der Waals surface area contributed by atoms with Crippen LogP contribution in [0.15, 0.2) is 6.07 Å². The second-order valence-corrected chi connectivity index (χ2v) is 10.8. The normalized spacial score (nSPS) is 34.5. The number of likely N-dealkylation sites (tertiary alicyclic amines) is 1. The molecule has 0 N–H and O–H groups in total. The van der Waals surface area contributed by atoms with Gasteiger partial charge in [0, 0.05) is 31.2 Å². The summed E-state index contributed by atoms with van der Waals surface area (Å²) in [7, 11) is -1.30. The van der Waals surface area contributed by atoms with Gasteiger partial charge in [0.1, 0.15) is 0 Å². The van der Waals surface area contributed by atoms with Gasteiger partial charge in [-0.25, -0.2) is 8.42 Å². The fraction of sp³-hybridized carbons (Fsp3) is 0.833. The lowest BCUT2D eigenvalue weighted by Crippen LogP contribution is -2.38. The van der Waals surface area contributed by atoms with Crippen molar-refractivity contribution in [1.29, 1.82) is 0 Å². The van der Waals surface area contributed by atoms with Crippen molar-refractivity contribution in [3.05, 3.63) is 17.5 Å². The van der Waals surface area contributed by atoms with Gasteiger partial charge < -0.3 is 0 Å². The Morgan fingerprint density at radius 2 is 1.89 bits per heavy atom. The van der Waals surface area contributed by atoms with Crippen LogP contribution in [0, 0.1) is 5.41 Å². The first-order valence-electron chi connectivity index (χ1n) is 9.63. The average molecular weight is 405 g/mol. The molecule has 1 aromatic rings. The molecule has 2 saturated heterocycles. The van der Waals surface area contributed by atoms with E-state index in [1.54, 1.807) is 7.05 Å². The second kappa shape index (κ2) is 6.47. The van der Waals surface area contributed by atoms with E-state index >= 15 is 0 Å². The van der Waals surface area contributed by atoms with Gasteiger partial charge in [-0.15, -0.1) is 0 Å². The summed E-state index contributed by atoms with van der Waals surface area (Å²) in [6, 6.07) is 1.61. The van der Waals surface area contributed by atoms with E-state index in [1.807, 2.05) is 0 Å². The zero-order valence-electron chi connectivity index (χ0n) is 15.5. The molecule has 5 nitrogen and oxygen atoms in total. The SMILES string of the molecule is Cn1nc(C(F)(F)F)cc1[C@H]1CC[C@@H](N2CC[C@]3(CCS(=O)(=O)C3)C2)CC1. The zero-order chi connectivity index (χ0) is 19.4. The van der Waals surface area contributed by atoms with Crippen LogP contribution in [0.5, 0.6) is 0 Å². The molecule has 0 unspecified atom stereocenters. The number of halogens is 3. The number of sulfone groups is 1. The van der Waals surface area contributed by atoms with E-state index in [2.05, 4.69) is 10.00 Å². The van der Waals surface area contributed by atoms with Gasteiger partial charge in [0.05, 0.1) is 11.5 Å². The average Bonchev–Trinajstić information content (AvgIpc) is 3.25. The molecule has 4 rings (SSSR count). The van der Waals surface area contributed by atoms with Gasteiger partial charge in [-0.3, -0.25) is 9.58 Å². The lowest BCUT2D eigenvalue weighted by Gasteiger charge is -2.35. The minimum atomic E-state index is -4.40. The molecule has 3 fully saturated rings. The molecule has 1 aromatic heterocycles. The van der Waals surface area contributed by atoms with Gasteiger partial charge in [-0.1, -0.05) is 0 Å². The van der Waals surface area contributed by atoms with E-state index in [1.165, 1.54) is 10.7 Å². The second-order valence-electron chi connectivity index (χ2n) is 8.64. The molecule has 2 aliphatic heterocycles. The van der Waals surface area contributed by atoms with E-state index in [-0.39, 0.29) is 11.3 Å². The van der Waals surface area contributed by atoms with Crippen LogP contribution in [0.2, 0.25) is 0 Å². The molecule has 0 radical (unpaired) electrons. The summed E-state index contributed by atoms with van der Waals surface area (Å²) in [5, 5.41) is 3.64. The number of hydrogen-bond donors (Lipinski definition) is 0. The molecule has 3 heterocycles. The van der Waals surface area contributed by atoms with Crippen LogP contribution < -0.4 is 0 Å². The maximum absolute atomic E-state index is 12.9. The monoisotopic (exact) mass is 405 g/mol. The standard InChI is InChI=1S/C18H26F3N3O2S/c1-23-15(10-16(22-23)18(19,20)21)13-2-4-14(5-3-13)24-8-6-17(11-24)7-9-27(25,26)12-17/h10,13-14H,2-9,11-12H2,1H3/t13-,14+,17-/m0/s1. The van der Waals surface area contributed by atoms with E-state index < -0.39 is 21.7 Å². The van der Waals surface area contributed by atoms with E-state index in [4.69, 9.17) is 0 Å². The van der Waals surface area contributed by atoms with Crippen molar-refractivity contribution in [1.82, 2.24) is 14.7 Å². The Hall–Kier alpha value is -1.09. The van der Waals surface area contributed by atoms with Crippen LogP contribution in [0.1, 0.15) is 55.8 Å². The Labute approximate surface area is 157 Å². The molecule has 9 heteroatoms. The van der Waals surface area contributed by atoms with Crippen molar-refractivity contribution < 1.29 is 21.6 Å². The Morgan fingerprint density at radius 1 is 1.19 bits per heavy atom. The summed E-state index contributed by atoms with van der Waals surface area (Å²) in [6.07, 6.45) is 0.907. The number of aromatic nitrogens is 2. The van der Waals surface area contributed by atoms with Crippen molar-refractivity contribution >= 4 is 9.84 Å². The summed E-state index contributed by atoms with van der Waals surface area (Å²) in [5.74, 6) is 0.745. The molecule has 1 atom stereocenters. The third-order valence-electron chi connectivity index (χ3n) is 6.78. The molecule has 152 valence electrons. The molecule has 0 amide bonds. The van der Waals surface area contributed by atoms with Crippen molar-refractivity contribution in [3.8, 4) is 0 Å². The highest BCUT2D eigenvalue weighted by molar-refractivity contribution is 7.91. The lowest BCUT2D eigenvalue weighted by molar-refractivity contribution is -0.141. The van der Waals surface area contributed by atoms with Crippen molar-refractivity contribution in [2.24, 2.45) is 12.5 Å². The van der Waals surface area contributed by atoms with Crippen molar-refractivity contribution in [2.45, 2.75) is 56.7 Å². The summed E-state index contributed by atoms with van der Waals surface area (Å²) in [4.78, 5) is 2.43. The molecular formula is C18H26F3N3O2S. The Balaban J connectivity index is 1.37. The molecule has 1 aliphatic carbocycles. The van der Waals surface area contributed by atoms with Gasteiger partial charge in [0.2, 0.25) is 0 Å². The molecule has 1 saturated carbocycles. The van der Waals surface area contributed by atoms with Crippen LogP contribution in [0.25, 0.3) is 0 Å². The highest BCUT2D eigenvalue weighted by atomic mass is 32.2. The first kappa shape index (κ1) is 19.2. The van der Waals surface area contributed by atoms with E-state index in [9.17, 15) is 21.6 Å². The predicted molar refractivity (Wildman–Crippen MR) is 95.1 cm³/mol. The largest absolute Gasteiger partial charge is 0.435 e. The summed E-state index contributed by atoms with van der Waals surface area (Å²) in [6.45, 7) is 1.79. The molecule has 27 heavy (non-hydrogen) atoms. The fourth-order valence-corrected chi connectivity index (χ4v) is 7.53. The van der Waals surface area contributed by atoms with Gasteiger partial charge in [-0.05, 0) is 56.6 Å². The predicted octanol–water partition coefficient (Wildman–Crippen LogP) is 2.98. The third kappa shape index (κ3) is 3.77. The van der Waals surface area contributed by atoms with Gasteiger partial charge in [0.15, 0.2) is 15.5 Å². The molecule has 1 spiro atoms. The highest BCUT2D eigenvalue weighted by Gasteiger charge is 2.48. The Bertz CT molecular complexity index is 812. The van der Waals surface area contributed by atoms with Crippen LogP contribution in [-0.2, 0) is 23.1 Å². The smallest absolute Gasteiger partial charge is 0.300 e. The first-order valence-corrected chi connectivity index (χ1v) is 11.4. The zero-order valence-corrected chi connectivity index (χ0v) is 16.3. The van der Waals surface area contributed by atoms with Crippen molar-refractivity contribution in [3.63, 3.8) is 0 Å². The van der Waals surface area contributed by atoms with Crippen LogP contribution in [0.3, 0.4) is 0 Å². The Morgan fingerprint density at radius 3 is 2.44 bits per heavy atom. The van der Waals surface area contributed by atoms with Crippen LogP contribution >= 0.6 is 0 Å². The lowest BCUT2D eigenvalue weighted by atomic mass is 9.83. The number of hydrogen-bond acceptors (Lipinski definition) is 4. The van der Waals surface area contributed by atoms with Gasteiger partial charge in [-0.2, -0.15) is 18.3 Å². The number of rotatable bonds is 2. The van der Waals surface area contributed by atoms with E-state index in [0.29, 0.717) is 23.2 Å². The summed E-state index contributed by atoms with van der Waals surface area (Å²) in [5.41, 5.74) is -0.203. The van der Waals surface area contributed by atoms with Gasteiger partial charge >= 0.3 is 6.18 Å². The maximum atomic E-state index is 12.9. The summed E-state index contributed by atoms with van der Waals surface area (Å²) < 4.78 is 63.8. The molecule has 0 bridgehead atoms. The molecule has 0 aromatic carbocycles. The highest BCUT2D eigenvalue weighted by Crippen LogP contribution is 2.44. The van der Waals surface area contributed by atoms with Crippen LogP contribution in [-0.4, -0.2) is 53.7 Å². The number of aryl methyl sites for hydroxylation is 1. The number of nitrogens with zero attached hydrogens (tertiary/aromatic N) is 3. The quantitative estimate of drug-likeness (QED) is 0.759. The maximum Gasteiger partial charge on any atom is 0.435 e.